The van der Waals surface area contributed by atoms with Crippen LogP contribution in [0.25, 0.3) is 0 Å². The highest BCUT2D eigenvalue weighted by molar-refractivity contribution is 6.32. The molecule has 0 radical (unpaired) electrons. The molecule has 0 bridgehead atoms. The van der Waals surface area contributed by atoms with E-state index in [1.54, 1.807) is 7.11 Å². The van der Waals surface area contributed by atoms with Gasteiger partial charge in [0, 0.05) is 5.69 Å². The smallest absolute Gasteiger partial charge is 0.156 e. The summed E-state index contributed by atoms with van der Waals surface area (Å²) in [6, 6.07) is 5.54. The zero-order chi connectivity index (χ0) is 13.8. The molecule has 0 saturated carbocycles. The summed E-state index contributed by atoms with van der Waals surface area (Å²) in [4.78, 5) is 18.8. The van der Waals surface area contributed by atoms with Crippen LogP contribution in [0, 0.1) is 6.92 Å². The van der Waals surface area contributed by atoms with Crippen molar-refractivity contribution in [2.24, 2.45) is 0 Å². The summed E-state index contributed by atoms with van der Waals surface area (Å²) in [5, 5.41) is 3.19. The highest BCUT2D eigenvalue weighted by Crippen LogP contribution is 2.26. The summed E-state index contributed by atoms with van der Waals surface area (Å²) in [5.74, 6) is 1.14. The van der Waals surface area contributed by atoms with Crippen LogP contribution < -0.4 is 10.1 Å². The van der Waals surface area contributed by atoms with Crippen LogP contribution in [0.1, 0.15) is 15.9 Å². The van der Waals surface area contributed by atoms with Gasteiger partial charge in [-0.1, -0.05) is 11.6 Å². The number of rotatable bonds is 4. The minimum Gasteiger partial charge on any atom is -0.497 e. The second kappa shape index (κ2) is 5.67. The minimum atomic E-state index is 0.124. The third kappa shape index (κ3) is 2.82. The standard InChI is InChI=1S/C13H12ClN3O2/c1-8-5-9(19-2)3-4-11(8)17-13-10(6-18)12(14)15-7-16-13/h3-7H,1-2H3,(H,15,16,17). The number of nitrogens with one attached hydrogen (secondary N) is 1. The van der Waals surface area contributed by atoms with Crippen molar-refractivity contribution >= 4 is 29.4 Å². The Morgan fingerprint density at radius 1 is 1.37 bits per heavy atom. The maximum atomic E-state index is 11.0. The van der Waals surface area contributed by atoms with Gasteiger partial charge in [0.25, 0.3) is 0 Å². The molecule has 6 heteroatoms. The van der Waals surface area contributed by atoms with E-state index in [9.17, 15) is 4.79 Å². The first-order chi connectivity index (χ1) is 9.15. The van der Waals surface area contributed by atoms with Crippen LogP contribution in [0.3, 0.4) is 0 Å². The van der Waals surface area contributed by atoms with Crippen molar-refractivity contribution < 1.29 is 9.53 Å². The zero-order valence-electron chi connectivity index (χ0n) is 10.5. The van der Waals surface area contributed by atoms with E-state index in [1.807, 2.05) is 25.1 Å². The van der Waals surface area contributed by atoms with Crippen LogP contribution in [-0.4, -0.2) is 23.4 Å². The van der Waals surface area contributed by atoms with E-state index in [1.165, 1.54) is 6.33 Å². The number of aldehydes is 1. The number of ether oxygens (including phenoxy) is 1. The second-order valence-corrected chi connectivity index (χ2v) is 4.21. The first kappa shape index (κ1) is 13.3. The van der Waals surface area contributed by atoms with Crippen LogP contribution in [0.2, 0.25) is 5.15 Å². The predicted octanol–water partition coefficient (Wildman–Crippen LogP) is 3.00. The number of anilines is 2. The van der Waals surface area contributed by atoms with Crippen molar-refractivity contribution in [3.8, 4) is 5.75 Å². The monoisotopic (exact) mass is 277 g/mol. The van der Waals surface area contributed by atoms with Crippen LogP contribution in [0.4, 0.5) is 11.5 Å². The van der Waals surface area contributed by atoms with Crippen LogP contribution in [0.5, 0.6) is 5.75 Å². The van der Waals surface area contributed by atoms with Crippen LogP contribution in [0.15, 0.2) is 24.5 Å². The zero-order valence-corrected chi connectivity index (χ0v) is 11.2. The van der Waals surface area contributed by atoms with Crippen molar-refractivity contribution in [3.63, 3.8) is 0 Å². The lowest BCUT2D eigenvalue weighted by atomic mass is 10.2. The molecule has 0 atom stereocenters. The Labute approximate surface area is 115 Å². The Balaban J connectivity index is 2.36. The molecule has 19 heavy (non-hydrogen) atoms. The lowest BCUT2D eigenvalue weighted by Crippen LogP contribution is -2.02. The van der Waals surface area contributed by atoms with Gasteiger partial charge in [0.05, 0.1) is 12.7 Å². The van der Waals surface area contributed by atoms with Gasteiger partial charge in [0.2, 0.25) is 0 Å². The van der Waals surface area contributed by atoms with Gasteiger partial charge in [-0.05, 0) is 30.7 Å². The van der Waals surface area contributed by atoms with E-state index < -0.39 is 0 Å². The first-order valence-electron chi connectivity index (χ1n) is 5.53. The lowest BCUT2D eigenvalue weighted by molar-refractivity contribution is 0.112. The fourth-order valence-corrected chi connectivity index (χ4v) is 1.79. The number of benzene rings is 1. The molecule has 2 rings (SSSR count). The van der Waals surface area contributed by atoms with E-state index in [2.05, 4.69) is 15.3 Å². The molecule has 0 saturated heterocycles. The Bertz CT molecular complexity index is 617. The van der Waals surface area contributed by atoms with Crippen LogP contribution >= 0.6 is 11.6 Å². The molecule has 0 spiro atoms. The average molecular weight is 278 g/mol. The van der Waals surface area contributed by atoms with E-state index in [0.29, 0.717) is 12.1 Å². The summed E-state index contributed by atoms with van der Waals surface area (Å²) in [5.41, 5.74) is 2.02. The molecule has 1 aromatic heterocycles. The summed E-state index contributed by atoms with van der Waals surface area (Å²) in [7, 11) is 1.61. The van der Waals surface area contributed by atoms with Crippen molar-refractivity contribution in [3.05, 3.63) is 40.8 Å². The summed E-state index contributed by atoms with van der Waals surface area (Å²) in [6.45, 7) is 1.92. The number of methoxy groups -OCH3 is 1. The molecular formula is C13H12ClN3O2. The third-order valence-corrected chi connectivity index (χ3v) is 2.94. The topological polar surface area (TPSA) is 64.1 Å². The highest BCUT2D eigenvalue weighted by atomic mass is 35.5. The van der Waals surface area contributed by atoms with Crippen LogP contribution in [-0.2, 0) is 0 Å². The van der Waals surface area contributed by atoms with Crippen molar-refractivity contribution in [1.82, 2.24) is 9.97 Å². The van der Waals surface area contributed by atoms with Gasteiger partial charge in [0.15, 0.2) is 6.29 Å². The largest absolute Gasteiger partial charge is 0.497 e. The predicted molar refractivity (Wildman–Crippen MR) is 73.4 cm³/mol. The molecule has 1 aromatic carbocycles. The molecular weight excluding hydrogens is 266 g/mol. The molecule has 0 unspecified atom stereocenters. The molecule has 1 heterocycles. The number of carbonyl (C=O) groups is 1. The maximum Gasteiger partial charge on any atom is 0.156 e. The minimum absolute atomic E-state index is 0.124. The van der Waals surface area contributed by atoms with E-state index in [4.69, 9.17) is 16.3 Å². The Kier molecular flexibility index (Phi) is 3.97. The number of carbonyl (C=O) groups excluding carboxylic acids is 1. The maximum absolute atomic E-state index is 11.0. The van der Waals surface area contributed by atoms with Gasteiger partial charge in [-0.3, -0.25) is 4.79 Å². The number of aryl methyl sites for hydroxylation is 1. The molecule has 0 aliphatic carbocycles. The van der Waals surface area contributed by atoms with E-state index in [0.717, 1.165) is 17.0 Å². The summed E-state index contributed by atoms with van der Waals surface area (Å²) < 4.78 is 5.13. The SMILES string of the molecule is COc1ccc(Nc2ncnc(Cl)c2C=O)c(C)c1. The van der Waals surface area contributed by atoms with E-state index in [-0.39, 0.29) is 10.7 Å². The van der Waals surface area contributed by atoms with Crippen molar-refractivity contribution in [2.45, 2.75) is 6.92 Å². The van der Waals surface area contributed by atoms with E-state index >= 15 is 0 Å². The molecule has 0 amide bonds. The van der Waals surface area contributed by atoms with Gasteiger partial charge >= 0.3 is 0 Å². The normalized spacial score (nSPS) is 10.1. The van der Waals surface area contributed by atoms with Gasteiger partial charge < -0.3 is 10.1 Å². The van der Waals surface area contributed by atoms with Gasteiger partial charge in [-0.25, -0.2) is 9.97 Å². The van der Waals surface area contributed by atoms with Gasteiger partial charge in [-0.15, -0.1) is 0 Å². The fraction of sp³-hybridized carbons (Fsp3) is 0.154. The van der Waals surface area contributed by atoms with Gasteiger partial charge in [0.1, 0.15) is 23.0 Å². The quantitative estimate of drug-likeness (QED) is 0.687. The molecule has 98 valence electrons. The first-order valence-corrected chi connectivity index (χ1v) is 5.91. The molecule has 2 aromatic rings. The number of aromatic nitrogens is 2. The third-order valence-electron chi connectivity index (χ3n) is 2.64. The van der Waals surface area contributed by atoms with Crippen molar-refractivity contribution in [1.29, 1.82) is 0 Å². The van der Waals surface area contributed by atoms with Crippen molar-refractivity contribution in [2.75, 3.05) is 12.4 Å². The fourth-order valence-electron chi connectivity index (χ4n) is 1.61. The lowest BCUT2D eigenvalue weighted by Gasteiger charge is -2.11. The molecule has 0 fully saturated rings. The van der Waals surface area contributed by atoms with Gasteiger partial charge in [-0.2, -0.15) is 0 Å². The second-order valence-electron chi connectivity index (χ2n) is 3.85. The number of halogens is 1. The molecule has 5 nitrogen and oxygen atoms in total. The Morgan fingerprint density at radius 2 is 2.16 bits per heavy atom. The average Bonchev–Trinajstić information content (AvgIpc) is 2.41. The number of nitrogens with zero attached hydrogens (tertiary/aromatic N) is 2. The number of hydrogen-bond donors (Lipinski definition) is 1. The Hall–Kier alpha value is -2.14. The summed E-state index contributed by atoms with van der Waals surface area (Å²) >= 11 is 5.84. The molecule has 0 aliphatic rings. The molecule has 0 aliphatic heterocycles. The number of hydrogen-bond acceptors (Lipinski definition) is 5. The highest BCUT2D eigenvalue weighted by Gasteiger charge is 2.10. The Morgan fingerprint density at radius 3 is 2.79 bits per heavy atom. The summed E-state index contributed by atoms with van der Waals surface area (Å²) in [6.07, 6.45) is 1.93. The molecule has 1 N–H and O–H groups in total.